The van der Waals surface area contributed by atoms with Gasteiger partial charge in [-0.05, 0) is 45.6 Å². The fraction of sp³-hybridized carbons (Fsp3) is 0.0714. The number of benzene rings is 1. The normalized spacial score (nSPS) is 10.7. The standard InChI is InChI=1S/C14H12BrN3OS/c1-19-10-5-4-8(7-9(10)15)13-12(14(16)18-17-13)11-3-2-6-20-11/h2-7H,1H3,(H3,16,17,18). The molecule has 0 aliphatic heterocycles. The second kappa shape index (κ2) is 5.30. The van der Waals surface area contributed by atoms with Crippen molar-refractivity contribution in [2.24, 2.45) is 0 Å². The van der Waals surface area contributed by atoms with E-state index in [1.807, 2.05) is 35.7 Å². The van der Waals surface area contributed by atoms with Crippen LogP contribution in [0.25, 0.3) is 21.7 Å². The molecule has 102 valence electrons. The van der Waals surface area contributed by atoms with Gasteiger partial charge in [-0.25, -0.2) is 0 Å². The Kier molecular flexibility index (Phi) is 3.50. The van der Waals surface area contributed by atoms with Gasteiger partial charge < -0.3 is 10.5 Å². The number of nitrogens with two attached hydrogens (primary N) is 1. The second-order valence-corrected chi connectivity index (χ2v) is 5.99. The van der Waals surface area contributed by atoms with E-state index in [0.717, 1.165) is 31.9 Å². The number of H-pyrrole nitrogens is 1. The van der Waals surface area contributed by atoms with E-state index < -0.39 is 0 Å². The summed E-state index contributed by atoms with van der Waals surface area (Å²) >= 11 is 5.14. The zero-order valence-corrected chi connectivity index (χ0v) is 13.1. The SMILES string of the molecule is COc1ccc(-c2[nH]nc(N)c2-c2cccs2)cc1Br. The molecule has 2 aromatic heterocycles. The smallest absolute Gasteiger partial charge is 0.154 e. The molecule has 0 spiro atoms. The Morgan fingerprint density at radius 2 is 2.20 bits per heavy atom. The van der Waals surface area contributed by atoms with Gasteiger partial charge in [0.25, 0.3) is 0 Å². The van der Waals surface area contributed by atoms with Crippen molar-refractivity contribution >= 4 is 33.1 Å². The van der Waals surface area contributed by atoms with Crippen LogP contribution in [0.2, 0.25) is 0 Å². The zero-order valence-electron chi connectivity index (χ0n) is 10.7. The van der Waals surface area contributed by atoms with Gasteiger partial charge in [-0.15, -0.1) is 11.3 Å². The molecule has 0 unspecified atom stereocenters. The first-order valence-electron chi connectivity index (χ1n) is 5.92. The number of thiophene rings is 1. The van der Waals surface area contributed by atoms with Gasteiger partial charge in [0.2, 0.25) is 0 Å². The van der Waals surface area contributed by atoms with Crippen LogP contribution in [0.5, 0.6) is 5.75 Å². The van der Waals surface area contributed by atoms with E-state index in [9.17, 15) is 0 Å². The molecule has 0 aliphatic carbocycles. The van der Waals surface area contributed by atoms with Crippen molar-refractivity contribution in [3.63, 3.8) is 0 Å². The largest absolute Gasteiger partial charge is 0.496 e. The van der Waals surface area contributed by atoms with Gasteiger partial charge in [-0.1, -0.05) is 6.07 Å². The quantitative estimate of drug-likeness (QED) is 0.746. The maximum Gasteiger partial charge on any atom is 0.154 e. The van der Waals surface area contributed by atoms with Crippen molar-refractivity contribution in [1.82, 2.24) is 10.2 Å². The molecule has 4 nitrogen and oxygen atoms in total. The highest BCUT2D eigenvalue weighted by molar-refractivity contribution is 9.10. The molecule has 0 saturated carbocycles. The van der Waals surface area contributed by atoms with Crippen molar-refractivity contribution < 1.29 is 4.74 Å². The van der Waals surface area contributed by atoms with Gasteiger partial charge >= 0.3 is 0 Å². The minimum atomic E-state index is 0.509. The maximum absolute atomic E-state index is 5.99. The van der Waals surface area contributed by atoms with Gasteiger partial charge in [0, 0.05) is 10.4 Å². The number of rotatable bonds is 3. The fourth-order valence-corrected chi connectivity index (χ4v) is 3.38. The molecule has 3 N–H and O–H groups in total. The summed E-state index contributed by atoms with van der Waals surface area (Å²) in [5.74, 6) is 1.30. The number of ether oxygens (including phenoxy) is 1. The lowest BCUT2D eigenvalue weighted by Crippen LogP contribution is -1.88. The van der Waals surface area contributed by atoms with Crippen LogP contribution >= 0.6 is 27.3 Å². The van der Waals surface area contributed by atoms with E-state index in [2.05, 4.69) is 26.1 Å². The van der Waals surface area contributed by atoms with Crippen LogP contribution in [0.1, 0.15) is 0 Å². The minimum Gasteiger partial charge on any atom is -0.496 e. The van der Waals surface area contributed by atoms with E-state index in [0.29, 0.717) is 5.82 Å². The van der Waals surface area contributed by atoms with Crippen LogP contribution in [0, 0.1) is 0 Å². The molecule has 0 fully saturated rings. The average molecular weight is 350 g/mol. The van der Waals surface area contributed by atoms with Crippen molar-refractivity contribution in [2.45, 2.75) is 0 Å². The molecule has 0 bridgehead atoms. The van der Waals surface area contributed by atoms with Crippen LogP contribution in [0.15, 0.2) is 40.2 Å². The Morgan fingerprint density at radius 3 is 2.85 bits per heavy atom. The third-order valence-electron chi connectivity index (χ3n) is 3.00. The Labute approximate surface area is 128 Å². The van der Waals surface area contributed by atoms with Crippen molar-refractivity contribution in [3.8, 4) is 27.4 Å². The highest BCUT2D eigenvalue weighted by Gasteiger charge is 2.16. The number of halogens is 1. The number of hydrogen-bond donors (Lipinski definition) is 2. The molecule has 3 rings (SSSR count). The molecule has 0 amide bonds. The van der Waals surface area contributed by atoms with Crippen molar-refractivity contribution in [2.75, 3.05) is 12.8 Å². The molecule has 0 aliphatic rings. The lowest BCUT2D eigenvalue weighted by molar-refractivity contribution is 0.412. The van der Waals surface area contributed by atoms with E-state index in [4.69, 9.17) is 10.5 Å². The van der Waals surface area contributed by atoms with E-state index in [1.165, 1.54) is 0 Å². The molecule has 0 atom stereocenters. The highest BCUT2D eigenvalue weighted by atomic mass is 79.9. The van der Waals surface area contributed by atoms with Crippen LogP contribution < -0.4 is 10.5 Å². The fourth-order valence-electron chi connectivity index (χ4n) is 2.06. The minimum absolute atomic E-state index is 0.509. The van der Waals surface area contributed by atoms with Crippen LogP contribution in [-0.2, 0) is 0 Å². The number of aromatic nitrogens is 2. The summed E-state index contributed by atoms with van der Waals surface area (Å²) in [6, 6.07) is 9.92. The first kappa shape index (κ1) is 13.2. The third-order valence-corrected chi connectivity index (χ3v) is 4.51. The van der Waals surface area contributed by atoms with Crippen LogP contribution in [-0.4, -0.2) is 17.3 Å². The maximum atomic E-state index is 5.99. The summed E-state index contributed by atoms with van der Waals surface area (Å²) < 4.78 is 6.14. The predicted molar refractivity (Wildman–Crippen MR) is 86.0 cm³/mol. The van der Waals surface area contributed by atoms with Gasteiger partial charge in [0.1, 0.15) is 5.75 Å². The number of aromatic amines is 1. The number of nitrogens with zero attached hydrogens (tertiary/aromatic N) is 1. The number of anilines is 1. The Balaban J connectivity index is 2.14. The monoisotopic (exact) mass is 349 g/mol. The van der Waals surface area contributed by atoms with Crippen LogP contribution in [0.3, 0.4) is 0 Å². The lowest BCUT2D eigenvalue weighted by Gasteiger charge is -2.06. The third kappa shape index (κ3) is 2.21. The topological polar surface area (TPSA) is 63.9 Å². The summed E-state index contributed by atoms with van der Waals surface area (Å²) in [7, 11) is 1.64. The molecule has 1 aromatic carbocycles. The first-order chi connectivity index (χ1) is 9.70. The second-order valence-electron chi connectivity index (χ2n) is 4.19. The average Bonchev–Trinajstić information content (AvgIpc) is 3.07. The molecule has 0 radical (unpaired) electrons. The summed E-state index contributed by atoms with van der Waals surface area (Å²) in [5.41, 5.74) is 8.85. The number of nitrogens with one attached hydrogen (secondary N) is 1. The molecule has 20 heavy (non-hydrogen) atoms. The summed E-state index contributed by atoms with van der Waals surface area (Å²) in [4.78, 5) is 1.10. The van der Waals surface area contributed by atoms with Gasteiger partial charge in [0.05, 0.1) is 22.8 Å². The molecular formula is C14H12BrN3OS. The van der Waals surface area contributed by atoms with Crippen molar-refractivity contribution in [1.29, 1.82) is 0 Å². The van der Waals surface area contributed by atoms with E-state index in [1.54, 1.807) is 18.4 Å². The zero-order chi connectivity index (χ0) is 14.1. The summed E-state index contributed by atoms with van der Waals surface area (Å²) in [5, 5.41) is 9.17. The Bertz CT molecular complexity index is 737. The Hall–Kier alpha value is -1.79. The van der Waals surface area contributed by atoms with Gasteiger partial charge in [0.15, 0.2) is 5.82 Å². The number of nitrogen functional groups attached to an aromatic ring is 1. The van der Waals surface area contributed by atoms with Gasteiger partial charge in [-0.2, -0.15) is 5.10 Å². The summed E-state index contributed by atoms with van der Waals surface area (Å²) in [6.45, 7) is 0. The predicted octanol–water partition coefficient (Wildman–Crippen LogP) is 4.16. The van der Waals surface area contributed by atoms with E-state index >= 15 is 0 Å². The Morgan fingerprint density at radius 1 is 1.35 bits per heavy atom. The summed E-state index contributed by atoms with van der Waals surface area (Å²) in [6.07, 6.45) is 0. The molecular weight excluding hydrogens is 338 g/mol. The molecule has 3 aromatic rings. The molecule has 0 saturated heterocycles. The van der Waals surface area contributed by atoms with Gasteiger partial charge in [-0.3, -0.25) is 5.10 Å². The number of methoxy groups -OCH3 is 1. The van der Waals surface area contributed by atoms with E-state index in [-0.39, 0.29) is 0 Å². The lowest BCUT2D eigenvalue weighted by atomic mass is 10.1. The first-order valence-corrected chi connectivity index (χ1v) is 7.59. The molecule has 6 heteroatoms. The van der Waals surface area contributed by atoms with Crippen molar-refractivity contribution in [3.05, 3.63) is 40.2 Å². The van der Waals surface area contributed by atoms with Crippen LogP contribution in [0.4, 0.5) is 5.82 Å². The molecule has 2 heterocycles. The number of hydrogen-bond acceptors (Lipinski definition) is 4. The highest BCUT2D eigenvalue weighted by Crippen LogP contribution is 2.39.